The van der Waals surface area contributed by atoms with E-state index in [2.05, 4.69) is 25.8 Å². The maximum absolute atomic E-state index is 13.5. The van der Waals surface area contributed by atoms with E-state index in [1.165, 1.54) is 6.33 Å². The first kappa shape index (κ1) is 19.4. The van der Waals surface area contributed by atoms with Gasteiger partial charge in [-0.05, 0) is 57.1 Å². The monoisotopic (exact) mass is 407 g/mol. The van der Waals surface area contributed by atoms with Gasteiger partial charge in [0.1, 0.15) is 12.1 Å². The number of nitrogens with zero attached hydrogens (tertiary/aromatic N) is 5. The molecule has 2 aromatic rings. The van der Waals surface area contributed by atoms with Gasteiger partial charge in [0.25, 0.3) is 0 Å². The molecule has 1 aliphatic carbocycles. The predicted octanol–water partition coefficient (Wildman–Crippen LogP) is 2.66. The Hall–Kier alpha value is -2.54. The maximum atomic E-state index is 13.5. The molecule has 2 saturated heterocycles. The summed E-state index contributed by atoms with van der Waals surface area (Å²) in [6, 6.07) is 4.40. The second kappa shape index (κ2) is 7.95. The number of aliphatic hydroxyl groups is 1. The minimum absolute atomic E-state index is 0.186. The van der Waals surface area contributed by atoms with Gasteiger partial charge in [0.15, 0.2) is 0 Å². The van der Waals surface area contributed by atoms with Crippen LogP contribution in [0.5, 0.6) is 0 Å². The molecule has 1 N–H and O–H groups in total. The van der Waals surface area contributed by atoms with E-state index in [-0.39, 0.29) is 11.5 Å². The van der Waals surface area contributed by atoms with Gasteiger partial charge >= 0.3 is 0 Å². The zero-order valence-electron chi connectivity index (χ0n) is 17.3. The van der Waals surface area contributed by atoms with Crippen LogP contribution in [0.2, 0.25) is 0 Å². The average molecular weight is 408 g/mol. The smallest absolute Gasteiger partial charge is 0.230 e. The number of rotatable bonds is 3. The van der Waals surface area contributed by atoms with Crippen LogP contribution in [0, 0.1) is 5.41 Å². The number of carbonyl (C=O) groups is 1. The molecule has 1 spiro atoms. The minimum atomic E-state index is -0.276. The standard InChI is InChI=1S/C23H29N5O2/c29-20-5-3-19(4-6-20)28-11-9-23(22(28)30)8-1-10-27(15-23)21-7-2-17(14-26-21)18-12-24-16-25-13-18/h2,7,12-14,16,19-20,29H,1,3-6,8-11,15H2/t19?,20?,23-/m1/s1. The largest absolute Gasteiger partial charge is 0.393 e. The normalized spacial score (nSPS) is 29.6. The molecule has 4 heterocycles. The molecule has 1 atom stereocenters. The van der Waals surface area contributed by atoms with Crippen molar-refractivity contribution >= 4 is 11.7 Å². The topological polar surface area (TPSA) is 82.5 Å². The Labute approximate surface area is 177 Å². The quantitative estimate of drug-likeness (QED) is 0.842. The lowest BCUT2D eigenvalue weighted by atomic mass is 9.78. The zero-order chi connectivity index (χ0) is 20.6. The molecule has 1 saturated carbocycles. The summed E-state index contributed by atoms with van der Waals surface area (Å²) in [6.45, 7) is 2.54. The highest BCUT2D eigenvalue weighted by molar-refractivity contribution is 5.86. The van der Waals surface area contributed by atoms with Crippen molar-refractivity contribution in [1.29, 1.82) is 0 Å². The Balaban J connectivity index is 1.29. The van der Waals surface area contributed by atoms with Crippen LogP contribution in [-0.4, -0.2) is 62.6 Å². The summed E-state index contributed by atoms with van der Waals surface area (Å²) in [5.41, 5.74) is 1.67. The van der Waals surface area contributed by atoms with Gasteiger partial charge in [-0.15, -0.1) is 0 Å². The van der Waals surface area contributed by atoms with Crippen LogP contribution in [-0.2, 0) is 4.79 Å². The summed E-state index contributed by atoms with van der Waals surface area (Å²) in [4.78, 5) is 30.7. The molecular weight excluding hydrogens is 378 g/mol. The predicted molar refractivity (Wildman–Crippen MR) is 114 cm³/mol. The van der Waals surface area contributed by atoms with Gasteiger partial charge in [0.2, 0.25) is 5.91 Å². The van der Waals surface area contributed by atoms with Gasteiger partial charge in [-0.25, -0.2) is 15.0 Å². The average Bonchev–Trinajstić information content (AvgIpc) is 3.10. The number of hydrogen-bond acceptors (Lipinski definition) is 6. The number of amides is 1. The fourth-order valence-corrected chi connectivity index (χ4v) is 5.46. The molecule has 158 valence electrons. The third-order valence-corrected chi connectivity index (χ3v) is 7.20. The van der Waals surface area contributed by atoms with Crippen LogP contribution in [0.4, 0.5) is 5.82 Å². The summed E-state index contributed by atoms with van der Waals surface area (Å²) in [6.07, 6.45) is 13.2. The van der Waals surface area contributed by atoms with E-state index in [0.29, 0.717) is 11.9 Å². The molecule has 0 aromatic carbocycles. The second-order valence-corrected chi connectivity index (χ2v) is 9.05. The Morgan fingerprint density at radius 1 is 0.967 bits per heavy atom. The first-order valence-corrected chi connectivity index (χ1v) is 11.1. The lowest BCUT2D eigenvalue weighted by molar-refractivity contribution is -0.139. The second-order valence-electron chi connectivity index (χ2n) is 9.05. The number of piperidine rings is 1. The molecule has 7 heteroatoms. The summed E-state index contributed by atoms with van der Waals surface area (Å²) < 4.78 is 0. The summed E-state index contributed by atoms with van der Waals surface area (Å²) in [5.74, 6) is 1.26. The Bertz CT molecular complexity index is 882. The molecule has 0 bridgehead atoms. The molecule has 2 aliphatic heterocycles. The molecule has 3 fully saturated rings. The van der Waals surface area contributed by atoms with Gasteiger partial charge in [-0.3, -0.25) is 4.79 Å². The number of hydrogen-bond donors (Lipinski definition) is 1. The number of pyridine rings is 1. The lowest BCUT2D eigenvalue weighted by Crippen LogP contribution is -2.50. The number of likely N-dealkylation sites (tertiary alicyclic amines) is 1. The first-order valence-electron chi connectivity index (χ1n) is 11.1. The van der Waals surface area contributed by atoms with Crippen molar-refractivity contribution in [3.8, 4) is 11.1 Å². The van der Waals surface area contributed by atoms with E-state index >= 15 is 0 Å². The van der Waals surface area contributed by atoms with Crippen LogP contribution < -0.4 is 4.90 Å². The number of anilines is 1. The molecule has 5 rings (SSSR count). The van der Waals surface area contributed by atoms with Crippen LogP contribution in [0.25, 0.3) is 11.1 Å². The fraction of sp³-hybridized carbons (Fsp3) is 0.565. The van der Waals surface area contributed by atoms with Crippen LogP contribution in [0.3, 0.4) is 0 Å². The van der Waals surface area contributed by atoms with Gasteiger partial charge in [0, 0.05) is 55.4 Å². The zero-order valence-corrected chi connectivity index (χ0v) is 17.3. The van der Waals surface area contributed by atoms with Crippen molar-refractivity contribution in [3.05, 3.63) is 37.1 Å². The first-order chi connectivity index (χ1) is 14.6. The van der Waals surface area contributed by atoms with E-state index in [4.69, 9.17) is 4.98 Å². The third-order valence-electron chi connectivity index (χ3n) is 7.20. The van der Waals surface area contributed by atoms with Crippen LogP contribution in [0.15, 0.2) is 37.1 Å². The molecule has 30 heavy (non-hydrogen) atoms. The summed E-state index contributed by atoms with van der Waals surface area (Å²) >= 11 is 0. The third kappa shape index (κ3) is 3.55. The molecule has 7 nitrogen and oxygen atoms in total. The van der Waals surface area contributed by atoms with Gasteiger partial charge < -0.3 is 14.9 Å². The summed E-state index contributed by atoms with van der Waals surface area (Å²) in [7, 11) is 0. The Morgan fingerprint density at radius 2 is 1.77 bits per heavy atom. The molecular formula is C23H29N5O2. The van der Waals surface area contributed by atoms with Gasteiger partial charge in [-0.1, -0.05) is 0 Å². The van der Waals surface area contributed by atoms with Crippen molar-refractivity contribution in [3.63, 3.8) is 0 Å². The van der Waals surface area contributed by atoms with Crippen LogP contribution >= 0.6 is 0 Å². The minimum Gasteiger partial charge on any atom is -0.393 e. The van der Waals surface area contributed by atoms with Gasteiger partial charge in [0.05, 0.1) is 11.5 Å². The highest BCUT2D eigenvalue weighted by Crippen LogP contribution is 2.43. The fourth-order valence-electron chi connectivity index (χ4n) is 5.46. The van der Waals surface area contributed by atoms with E-state index in [0.717, 1.165) is 81.5 Å². The number of aliphatic hydroxyl groups excluding tert-OH is 1. The van der Waals surface area contributed by atoms with Crippen molar-refractivity contribution in [2.75, 3.05) is 24.5 Å². The molecule has 0 radical (unpaired) electrons. The van der Waals surface area contributed by atoms with Crippen molar-refractivity contribution in [1.82, 2.24) is 19.9 Å². The van der Waals surface area contributed by atoms with Crippen molar-refractivity contribution in [2.45, 2.75) is 57.1 Å². The Kier molecular flexibility index (Phi) is 5.15. The maximum Gasteiger partial charge on any atom is 0.230 e. The van der Waals surface area contributed by atoms with Crippen LogP contribution in [0.1, 0.15) is 44.9 Å². The number of aromatic nitrogens is 3. The van der Waals surface area contributed by atoms with E-state index in [9.17, 15) is 9.90 Å². The van der Waals surface area contributed by atoms with Gasteiger partial charge in [-0.2, -0.15) is 0 Å². The lowest BCUT2D eigenvalue weighted by Gasteiger charge is -2.41. The SMILES string of the molecule is O=C1N(C2CCC(O)CC2)CC[C@@]12CCCN(c1ccc(-c3cncnc3)cn1)C2. The molecule has 0 unspecified atom stereocenters. The van der Waals surface area contributed by atoms with Crippen molar-refractivity contribution in [2.24, 2.45) is 5.41 Å². The highest BCUT2D eigenvalue weighted by atomic mass is 16.3. The molecule has 2 aromatic heterocycles. The van der Waals surface area contributed by atoms with Crippen molar-refractivity contribution < 1.29 is 9.90 Å². The number of carbonyl (C=O) groups excluding carboxylic acids is 1. The Morgan fingerprint density at radius 3 is 2.50 bits per heavy atom. The highest BCUT2D eigenvalue weighted by Gasteiger charge is 2.50. The van der Waals surface area contributed by atoms with E-state index in [1.54, 1.807) is 12.4 Å². The van der Waals surface area contributed by atoms with E-state index < -0.39 is 0 Å². The molecule has 1 amide bonds. The van der Waals surface area contributed by atoms with E-state index in [1.807, 2.05) is 12.3 Å². The summed E-state index contributed by atoms with van der Waals surface area (Å²) in [5, 5.41) is 9.81. The molecule has 3 aliphatic rings.